The Kier molecular flexibility index (Phi) is 27.1. The number of hydrogen-bond acceptors (Lipinski definition) is 19. The molecule has 6 fully saturated rings. The lowest BCUT2D eigenvalue weighted by atomic mass is 9.78. The predicted octanol–water partition coefficient (Wildman–Crippen LogP) is 19.4. The van der Waals surface area contributed by atoms with E-state index in [0.29, 0.717) is 152 Å². The van der Waals surface area contributed by atoms with Crippen LogP contribution in [-0.2, 0) is 19.1 Å². The van der Waals surface area contributed by atoms with Gasteiger partial charge in [-0.15, -0.1) is 0 Å². The monoisotopic (exact) mass is 1880 g/mol. The highest BCUT2D eigenvalue weighted by atomic mass is 19.1. The highest BCUT2D eigenvalue weighted by molar-refractivity contribution is 6.02. The molecule has 3 N–H and O–H groups in total. The first-order valence-corrected chi connectivity index (χ1v) is 46.7. The number of carbonyl (C=O) groups excluding carboxylic acids is 8. The fraction of sp³-hybridized carbons (Fsp3) is 0.434. The number of nitrogens with zero attached hydrogens (tertiary/aromatic N) is 11. The molecule has 6 aliphatic rings. The van der Waals surface area contributed by atoms with E-state index in [9.17, 15) is 66.1 Å². The van der Waals surface area contributed by atoms with Gasteiger partial charge in [-0.3, -0.25) is 33.6 Å². The maximum Gasteiger partial charge on any atom is 0.410 e. The molecule has 8 amide bonds. The summed E-state index contributed by atoms with van der Waals surface area (Å²) in [4.78, 5) is 135. The molecule has 0 unspecified atom stereocenters. The first-order chi connectivity index (χ1) is 64.3. The molecule has 31 heteroatoms. The van der Waals surface area contributed by atoms with Crippen molar-refractivity contribution in [3.05, 3.63) is 214 Å². The zero-order chi connectivity index (χ0) is 99.0. The lowest BCUT2D eigenvalue weighted by Crippen LogP contribution is -2.65. The molecule has 27 nitrogen and oxygen atoms in total. The Morgan fingerprint density at radius 1 is 0.431 bits per heavy atom. The molecule has 12 aromatic rings. The van der Waals surface area contributed by atoms with Crippen LogP contribution in [0.5, 0.6) is 0 Å². The summed E-state index contributed by atoms with van der Waals surface area (Å²) in [6.45, 7) is 39.5. The number of amides is 8. The van der Waals surface area contributed by atoms with Crippen LogP contribution >= 0.6 is 0 Å². The van der Waals surface area contributed by atoms with E-state index in [0.717, 1.165) is 69.5 Å². The third-order valence-corrected chi connectivity index (χ3v) is 26.2. The van der Waals surface area contributed by atoms with Gasteiger partial charge in [-0.1, -0.05) is 41.5 Å². The predicted molar refractivity (Wildman–Crippen MR) is 511 cm³/mol. The Hall–Kier alpha value is -13.2. The largest absolute Gasteiger partial charge is 0.449 e. The van der Waals surface area contributed by atoms with E-state index >= 15 is 0 Å². The second-order valence-electron chi connectivity index (χ2n) is 41.3. The number of furan rings is 4. The van der Waals surface area contributed by atoms with Gasteiger partial charge in [-0.2, -0.15) is 0 Å². The Morgan fingerprint density at radius 3 is 1.07 bits per heavy atom. The Morgan fingerprint density at radius 2 is 0.745 bits per heavy atom. The van der Waals surface area contributed by atoms with Crippen molar-refractivity contribution in [1.29, 1.82) is 0 Å². The molecule has 2 aliphatic carbocycles. The summed E-state index contributed by atoms with van der Waals surface area (Å²) < 4.78 is 83.4. The van der Waals surface area contributed by atoms with Crippen LogP contribution in [0.4, 0.5) is 22.4 Å². The fourth-order valence-corrected chi connectivity index (χ4v) is 18.3. The summed E-state index contributed by atoms with van der Waals surface area (Å²) in [5, 5.41) is 23.4. The van der Waals surface area contributed by atoms with E-state index in [1.165, 1.54) is 67.3 Å². The minimum absolute atomic E-state index is 0.118. The van der Waals surface area contributed by atoms with Gasteiger partial charge in [0, 0.05) is 141 Å². The van der Waals surface area contributed by atoms with Crippen molar-refractivity contribution in [2.24, 2.45) is 0 Å². The molecule has 18 rings (SSSR count). The van der Waals surface area contributed by atoms with Crippen LogP contribution in [-0.4, -0.2) is 223 Å². The molecule has 4 aromatic carbocycles. The van der Waals surface area contributed by atoms with E-state index < -0.39 is 39.0 Å². The van der Waals surface area contributed by atoms with Crippen LogP contribution in [0.2, 0.25) is 0 Å². The summed E-state index contributed by atoms with van der Waals surface area (Å²) in [7, 11) is 0. The number of piperazine rings is 4. The number of fused-ring (bicyclic) bond motifs is 4. The number of benzene rings is 4. The van der Waals surface area contributed by atoms with Gasteiger partial charge in [0.1, 0.15) is 67.7 Å². The van der Waals surface area contributed by atoms with E-state index in [1.807, 2.05) is 128 Å². The van der Waals surface area contributed by atoms with E-state index in [-0.39, 0.29) is 112 Å². The smallest absolute Gasteiger partial charge is 0.410 e. The molecule has 4 saturated heterocycles. The van der Waals surface area contributed by atoms with Gasteiger partial charge in [0.25, 0.3) is 35.4 Å². The van der Waals surface area contributed by atoms with Gasteiger partial charge in [-0.25, -0.2) is 42.3 Å². The van der Waals surface area contributed by atoms with E-state index in [1.54, 1.807) is 116 Å². The maximum atomic E-state index is 13.6. The van der Waals surface area contributed by atoms with Crippen LogP contribution in [0.3, 0.4) is 0 Å². The average Bonchev–Trinajstić information content (AvgIpc) is 1.69. The van der Waals surface area contributed by atoms with E-state index in [4.69, 9.17) is 37.4 Å². The normalized spacial score (nSPS) is 17.4. The molecule has 12 heterocycles. The number of halogens is 4. The number of ether oxygens (including phenoxy) is 1. The third kappa shape index (κ3) is 20.9. The van der Waals surface area contributed by atoms with Crippen molar-refractivity contribution in [3.8, 4) is 45.0 Å². The van der Waals surface area contributed by atoms with Crippen molar-refractivity contribution >= 4 is 91.8 Å². The standard InChI is InChI=1S/C28H32FN3O4.C28H34FN3O4.C27H30FN3O4.C23H24FN3O3/c1-17(2)20-14-21(18-6-8-19(29)9-7-18)30-22-15-23(36-24(20)22)25(33)32-13-12-31(16-27(32,3)4)26(34)28(35)10-5-11-28;1-17(2)20-14-21(18-8-10-19(29)11-9-18)30-22-15-23(35-24(20)22)25(33)32-13-12-31(16-28(32,6)7)26(34)36-27(3,4)5;1-26(2)15-30(25(33)27(3,4)34)11-12-31(26)24(32)22-14-21-23(35-22)19(16-5-6-16)13-20(29-21)17-7-9-18(28)10-8-17;1-13(2)16-11-17(14-5-7-15(24)8-6-14)26-18-12-19(30-20(16)18)21(28)27-10-9-25-22(29)23(27,3)4/h6-9,14-15,17,35H,5,10-13,16H2,1-4H3;8-11,14-15,17H,12-13,16H2,1-7H3;7-10,13-14,16,34H,5-6,11-12,15H2,1-4H3;5-8,11-13H,9-10H2,1-4H3,(H,25,29). The molecular weight excluding hydrogens is 1760 g/mol. The van der Waals surface area contributed by atoms with Crippen LogP contribution in [0, 0.1) is 23.3 Å². The second-order valence-corrected chi connectivity index (χ2v) is 41.3. The SMILES string of the molecule is CC(C)(O)C(=O)N1CCN(C(=O)c2cc3nc(-c4ccc(F)cc4)cc(C4CC4)c3o2)C(C)(C)C1.CC(C)c1cc(-c2ccc(F)cc2)nc2cc(C(=O)N3CCN(C(=O)C4(O)CCC4)CC3(C)C)oc12.CC(C)c1cc(-c2ccc(F)cc2)nc2cc(C(=O)N3CCN(C(=O)OC(C)(C)C)CC3(C)C)oc12.CC(C)c1cc(-c2ccc(F)cc2)nc2cc(C(=O)N3CCNC(=O)C3(C)C)oc12. The lowest BCUT2D eigenvalue weighted by Gasteiger charge is -2.49. The van der Waals surface area contributed by atoms with Crippen LogP contribution < -0.4 is 5.32 Å². The quantitative estimate of drug-likeness (QED) is 0.0852. The van der Waals surface area contributed by atoms with Gasteiger partial charge in [0.15, 0.2) is 45.4 Å². The van der Waals surface area contributed by atoms with Crippen molar-refractivity contribution in [2.75, 3.05) is 72.0 Å². The topological polar surface area (TPSA) is 325 Å². The highest BCUT2D eigenvalue weighted by Crippen LogP contribution is 2.46. The summed E-state index contributed by atoms with van der Waals surface area (Å²) in [5.74, 6) is -1.65. The minimum atomic E-state index is -1.46. The zero-order valence-electron chi connectivity index (χ0n) is 81.1. The van der Waals surface area contributed by atoms with Crippen molar-refractivity contribution < 1.29 is 88.5 Å². The summed E-state index contributed by atoms with van der Waals surface area (Å²) in [6.07, 6.45) is 3.56. The summed E-state index contributed by atoms with van der Waals surface area (Å²) in [5.41, 5.74) is 8.15. The van der Waals surface area contributed by atoms with Crippen molar-refractivity contribution in [3.63, 3.8) is 0 Å². The molecular formula is C106H120F4N12O15. The minimum Gasteiger partial charge on any atom is -0.449 e. The molecule has 0 atom stereocenters. The van der Waals surface area contributed by atoms with Crippen LogP contribution in [0.15, 0.2) is 163 Å². The van der Waals surface area contributed by atoms with Gasteiger partial charge >= 0.3 is 6.09 Å². The number of aromatic nitrogens is 4. The van der Waals surface area contributed by atoms with Gasteiger partial charge in [0.05, 0.1) is 39.4 Å². The van der Waals surface area contributed by atoms with Gasteiger partial charge in [-0.05, 0) is 267 Å². The second kappa shape index (κ2) is 37.7. The van der Waals surface area contributed by atoms with Crippen molar-refractivity contribution in [2.45, 2.75) is 226 Å². The van der Waals surface area contributed by atoms with Gasteiger partial charge in [0.2, 0.25) is 5.91 Å². The number of aliphatic hydroxyl groups is 2. The highest BCUT2D eigenvalue weighted by Gasteiger charge is 2.50. The van der Waals surface area contributed by atoms with Crippen LogP contribution in [0.25, 0.3) is 89.4 Å². The van der Waals surface area contributed by atoms with Crippen molar-refractivity contribution in [1.82, 2.24) is 59.6 Å². The van der Waals surface area contributed by atoms with Gasteiger partial charge < -0.3 is 72.2 Å². The molecule has 722 valence electrons. The average molecular weight is 1880 g/mol. The molecule has 2 saturated carbocycles. The molecule has 8 aromatic heterocycles. The number of nitrogens with one attached hydrogen (secondary N) is 1. The Bertz CT molecular complexity index is 6630. The number of hydrogen-bond donors (Lipinski definition) is 3. The molecule has 0 bridgehead atoms. The van der Waals surface area contributed by atoms with E-state index in [2.05, 4.69) is 10.3 Å². The first kappa shape index (κ1) is 98.4. The number of pyridine rings is 4. The number of carbonyl (C=O) groups is 8. The lowest BCUT2D eigenvalue weighted by molar-refractivity contribution is -0.164. The zero-order valence-corrected chi connectivity index (χ0v) is 81.1. The summed E-state index contributed by atoms with van der Waals surface area (Å²) >= 11 is 0. The number of rotatable bonds is 14. The first-order valence-electron chi connectivity index (χ1n) is 46.7. The maximum absolute atomic E-state index is 13.6. The molecule has 137 heavy (non-hydrogen) atoms. The third-order valence-electron chi connectivity index (χ3n) is 26.2. The summed E-state index contributed by atoms with van der Waals surface area (Å²) in [6, 6.07) is 39.1. The van der Waals surface area contributed by atoms with Crippen LogP contribution in [0.1, 0.15) is 252 Å². The fourth-order valence-electron chi connectivity index (χ4n) is 18.3. The molecule has 4 aliphatic heterocycles. The molecule has 0 spiro atoms. The Balaban J connectivity index is 0.000000139. The molecule has 0 radical (unpaired) electrons. The Labute approximate surface area is 793 Å².